The van der Waals surface area contributed by atoms with E-state index in [4.69, 9.17) is 11.6 Å². The van der Waals surface area contributed by atoms with Crippen molar-refractivity contribution in [3.05, 3.63) is 64.9 Å². The van der Waals surface area contributed by atoms with Crippen LogP contribution in [0, 0.1) is 5.82 Å². The Morgan fingerprint density at radius 3 is 2.33 bits per heavy atom. The highest BCUT2D eigenvalue weighted by atomic mass is 35.5. The van der Waals surface area contributed by atoms with Crippen molar-refractivity contribution >= 4 is 23.3 Å². The molecule has 0 aliphatic carbocycles. The van der Waals surface area contributed by atoms with Gasteiger partial charge in [-0.1, -0.05) is 30.7 Å². The maximum absolute atomic E-state index is 12.8. The molecule has 0 unspecified atom stereocenters. The molecule has 2 rings (SSSR count). The number of rotatable bonds is 4. The molecule has 2 amide bonds. The molecule has 2 N–H and O–H groups in total. The molecule has 2 aromatic rings. The Morgan fingerprint density at radius 2 is 1.76 bits per heavy atom. The zero-order valence-electron chi connectivity index (χ0n) is 11.6. The number of benzene rings is 2. The molecule has 21 heavy (non-hydrogen) atoms. The van der Waals surface area contributed by atoms with Crippen LogP contribution in [0.3, 0.4) is 0 Å². The molecule has 0 aliphatic heterocycles. The van der Waals surface area contributed by atoms with E-state index >= 15 is 0 Å². The topological polar surface area (TPSA) is 41.1 Å². The fourth-order valence-corrected chi connectivity index (χ4v) is 2.10. The molecule has 0 saturated carbocycles. The fourth-order valence-electron chi connectivity index (χ4n) is 1.97. The van der Waals surface area contributed by atoms with Gasteiger partial charge in [0.1, 0.15) is 5.82 Å². The average molecular weight is 307 g/mol. The highest BCUT2D eigenvalue weighted by Gasteiger charge is 2.12. The lowest BCUT2D eigenvalue weighted by Crippen LogP contribution is -2.32. The lowest BCUT2D eigenvalue weighted by Gasteiger charge is -2.18. The Balaban J connectivity index is 1.99. The van der Waals surface area contributed by atoms with Crippen molar-refractivity contribution in [2.75, 3.05) is 5.32 Å². The minimum atomic E-state index is -0.339. The van der Waals surface area contributed by atoms with Gasteiger partial charge >= 0.3 is 6.03 Å². The van der Waals surface area contributed by atoms with E-state index in [2.05, 4.69) is 10.6 Å². The van der Waals surface area contributed by atoms with Gasteiger partial charge in [-0.25, -0.2) is 9.18 Å². The molecule has 0 saturated heterocycles. The Hall–Kier alpha value is -2.07. The van der Waals surface area contributed by atoms with Gasteiger partial charge < -0.3 is 10.6 Å². The number of anilines is 1. The first-order chi connectivity index (χ1) is 10.1. The second-order valence-corrected chi connectivity index (χ2v) is 5.05. The van der Waals surface area contributed by atoms with Crippen LogP contribution in [-0.2, 0) is 0 Å². The second-order valence-electron chi connectivity index (χ2n) is 4.62. The third-order valence-corrected chi connectivity index (χ3v) is 3.34. The van der Waals surface area contributed by atoms with Crippen molar-refractivity contribution in [2.45, 2.75) is 19.4 Å². The Kier molecular flexibility index (Phi) is 5.17. The molecule has 2 aromatic carbocycles. The molecular weight excluding hydrogens is 291 g/mol. The predicted molar refractivity (Wildman–Crippen MR) is 83.0 cm³/mol. The normalized spacial score (nSPS) is 11.8. The van der Waals surface area contributed by atoms with Gasteiger partial charge in [0.25, 0.3) is 0 Å². The lowest BCUT2D eigenvalue weighted by molar-refractivity contribution is 0.248. The summed E-state index contributed by atoms with van der Waals surface area (Å²) in [5.41, 5.74) is 1.52. The SMILES string of the molecule is CC[C@@H](NC(=O)Nc1ccc(F)cc1)c1ccc(Cl)cc1. The van der Waals surface area contributed by atoms with Crippen molar-refractivity contribution < 1.29 is 9.18 Å². The quantitative estimate of drug-likeness (QED) is 0.840. The van der Waals surface area contributed by atoms with Gasteiger partial charge in [-0.3, -0.25) is 0 Å². The molecule has 110 valence electrons. The van der Waals surface area contributed by atoms with Crippen LogP contribution < -0.4 is 10.6 Å². The first-order valence-corrected chi connectivity index (χ1v) is 7.05. The van der Waals surface area contributed by atoms with E-state index in [0.717, 1.165) is 12.0 Å². The largest absolute Gasteiger partial charge is 0.331 e. The van der Waals surface area contributed by atoms with Gasteiger partial charge in [-0.05, 0) is 48.4 Å². The third-order valence-electron chi connectivity index (χ3n) is 3.09. The predicted octanol–water partition coefficient (Wildman–Crippen LogP) is 4.75. The van der Waals surface area contributed by atoms with E-state index in [1.165, 1.54) is 24.3 Å². The highest BCUT2D eigenvalue weighted by molar-refractivity contribution is 6.30. The average Bonchev–Trinajstić information content (AvgIpc) is 2.48. The van der Waals surface area contributed by atoms with Gasteiger partial charge in [0, 0.05) is 10.7 Å². The van der Waals surface area contributed by atoms with Crippen molar-refractivity contribution in [1.29, 1.82) is 0 Å². The molecule has 0 spiro atoms. The van der Waals surface area contributed by atoms with Crippen LogP contribution in [0.15, 0.2) is 48.5 Å². The molecule has 3 nitrogen and oxygen atoms in total. The smallest absolute Gasteiger partial charge is 0.319 e. The van der Waals surface area contributed by atoms with Crippen LogP contribution in [0.5, 0.6) is 0 Å². The molecule has 5 heteroatoms. The summed E-state index contributed by atoms with van der Waals surface area (Å²) in [7, 11) is 0. The number of carbonyl (C=O) groups excluding carboxylic acids is 1. The highest BCUT2D eigenvalue weighted by Crippen LogP contribution is 2.19. The lowest BCUT2D eigenvalue weighted by atomic mass is 10.1. The van der Waals surface area contributed by atoms with Crippen LogP contribution in [0.1, 0.15) is 24.9 Å². The van der Waals surface area contributed by atoms with Gasteiger partial charge in [0.05, 0.1) is 6.04 Å². The zero-order chi connectivity index (χ0) is 15.2. The first kappa shape index (κ1) is 15.3. The fraction of sp³-hybridized carbons (Fsp3) is 0.188. The number of amides is 2. The third kappa shape index (κ3) is 4.46. The summed E-state index contributed by atoms with van der Waals surface area (Å²) in [6.07, 6.45) is 0.748. The van der Waals surface area contributed by atoms with Crippen LogP contribution in [-0.4, -0.2) is 6.03 Å². The monoisotopic (exact) mass is 306 g/mol. The maximum atomic E-state index is 12.8. The van der Waals surface area contributed by atoms with Crippen LogP contribution in [0.25, 0.3) is 0 Å². The van der Waals surface area contributed by atoms with Gasteiger partial charge in [-0.2, -0.15) is 0 Å². The minimum absolute atomic E-state index is 0.109. The first-order valence-electron chi connectivity index (χ1n) is 6.67. The summed E-state index contributed by atoms with van der Waals surface area (Å²) in [6, 6.07) is 12.5. The van der Waals surface area contributed by atoms with E-state index < -0.39 is 0 Å². The van der Waals surface area contributed by atoms with E-state index in [1.54, 1.807) is 12.1 Å². The standard InChI is InChI=1S/C16H16ClFN2O/c1-2-15(11-3-5-12(17)6-4-11)20-16(21)19-14-9-7-13(18)8-10-14/h3-10,15H,2H2,1H3,(H2,19,20,21)/t15-/m1/s1. The number of urea groups is 1. The molecule has 0 heterocycles. The van der Waals surface area contributed by atoms with E-state index in [0.29, 0.717) is 10.7 Å². The molecule has 0 radical (unpaired) electrons. The molecular formula is C16H16ClFN2O. The number of carbonyl (C=O) groups is 1. The Morgan fingerprint density at radius 1 is 1.14 bits per heavy atom. The molecule has 0 aromatic heterocycles. The second kappa shape index (κ2) is 7.09. The molecule has 0 bridgehead atoms. The van der Waals surface area contributed by atoms with Crippen molar-refractivity contribution in [2.24, 2.45) is 0 Å². The zero-order valence-corrected chi connectivity index (χ0v) is 12.3. The van der Waals surface area contributed by atoms with Crippen molar-refractivity contribution in [1.82, 2.24) is 5.32 Å². The Labute approximate surface area is 128 Å². The molecule has 1 atom stereocenters. The molecule has 0 aliphatic rings. The van der Waals surface area contributed by atoms with Crippen LogP contribution >= 0.6 is 11.6 Å². The summed E-state index contributed by atoms with van der Waals surface area (Å²) in [5.74, 6) is -0.339. The number of halogens is 2. The maximum Gasteiger partial charge on any atom is 0.319 e. The number of nitrogens with one attached hydrogen (secondary N) is 2. The van der Waals surface area contributed by atoms with Gasteiger partial charge in [-0.15, -0.1) is 0 Å². The van der Waals surface area contributed by atoms with E-state index in [9.17, 15) is 9.18 Å². The Bertz CT molecular complexity index is 599. The summed E-state index contributed by atoms with van der Waals surface area (Å²) in [4.78, 5) is 12.0. The van der Waals surface area contributed by atoms with E-state index in [-0.39, 0.29) is 17.9 Å². The van der Waals surface area contributed by atoms with Crippen LogP contribution in [0.4, 0.5) is 14.9 Å². The molecule has 0 fully saturated rings. The summed E-state index contributed by atoms with van der Waals surface area (Å²) < 4.78 is 12.8. The minimum Gasteiger partial charge on any atom is -0.331 e. The number of hydrogen-bond donors (Lipinski definition) is 2. The van der Waals surface area contributed by atoms with Gasteiger partial charge in [0.15, 0.2) is 0 Å². The number of hydrogen-bond acceptors (Lipinski definition) is 1. The summed E-state index contributed by atoms with van der Waals surface area (Å²) >= 11 is 5.86. The van der Waals surface area contributed by atoms with Gasteiger partial charge in [0.2, 0.25) is 0 Å². The summed E-state index contributed by atoms with van der Waals surface area (Å²) in [5, 5.41) is 6.21. The van der Waals surface area contributed by atoms with Crippen molar-refractivity contribution in [3.63, 3.8) is 0 Å². The van der Waals surface area contributed by atoms with Crippen LogP contribution in [0.2, 0.25) is 5.02 Å². The van der Waals surface area contributed by atoms with Crippen molar-refractivity contribution in [3.8, 4) is 0 Å². The van der Waals surface area contributed by atoms with E-state index in [1.807, 2.05) is 19.1 Å². The summed E-state index contributed by atoms with van der Waals surface area (Å²) in [6.45, 7) is 1.98.